The van der Waals surface area contributed by atoms with Crippen molar-refractivity contribution >= 4 is 27.5 Å². The van der Waals surface area contributed by atoms with Gasteiger partial charge in [-0.15, -0.1) is 11.8 Å². The van der Waals surface area contributed by atoms with Crippen molar-refractivity contribution in [3.63, 3.8) is 0 Å². The number of non-ortho nitro benzene ring substituents is 1. The van der Waals surface area contributed by atoms with E-state index in [1.807, 2.05) is 0 Å². The summed E-state index contributed by atoms with van der Waals surface area (Å²) in [4.78, 5) is 10.8. The minimum atomic E-state index is -3.72. The van der Waals surface area contributed by atoms with E-state index in [-0.39, 0.29) is 10.6 Å². The third-order valence-corrected chi connectivity index (χ3v) is 7.68. The van der Waals surface area contributed by atoms with E-state index in [4.69, 9.17) is 4.74 Å². The fourth-order valence-electron chi connectivity index (χ4n) is 2.93. The van der Waals surface area contributed by atoms with Gasteiger partial charge in [0.1, 0.15) is 5.75 Å². The zero-order valence-electron chi connectivity index (χ0n) is 15.5. The smallest absolute Gasteiger partial charge is 0.269 e. The number of ether oxygens (including phenoxy) is 1. The van der Waals surface area contributed by atoms with Gasteiger partial charge in [0.2, 0.25) is 10.0 Å². The van der Waals surface area contributed by atoms with E-state index in [9.17, 15) is 18.5 Å². The Morgan fingerprint density at radius 1 is 1.25 bits per heavy atom. The number of unbranched alkanes of at least 4 members (excludes halogenated alkanes) is 1. The minimum absolute atomic E-state index is 0.0454. The molecule has 2 aromatic rings. The molecule has 0 bridgehead atoms. The summed E-state index contributed by atoms with van der Waals surface area (Å²) in [7, 11) is -3.72. The summed E-state index contributed by atoms with van der Waals surface area (Å²) in [6, 6.07) is 12.6. The lowest BCUT2D eigenvalue weighted by Gasteiger charge is -2.23. The van der Waals surface area contributed by atoms with Crippen LogP contribution in [0.3, 0.4) is 0 Å². The summed E-state index contributed by atoms with van der Waals surface area (Å²) in [6.07, 6.45) is 1.97. The SMILES string of the molecule is CCCCOc1ccc(S(=O)(=O)N2CCS[C@H]2c2cccc([N+](=O)[O-])c2)cc1. The molecule has 1 fully saturated rings. The standard InChI is InChI=1S/C19H22N2O5S2/c1-2-3-12-26-17-7-9-18(10-8-17)28(24,25)20-11-13-27-19(20)15-5-4-6-16(14-15)21(22)23/h4-10,14,19H,2-3,11-13H2,1H3/t19-/m0/s1. The normalized spacial score (nSPS) is 17.5. The molecule has 1 aliphatic rings. The van der Waals surface area contributed by atoms with Crippen molar-refractivity contribution in [3.05, 3.63) is 64.2 Å². The quantitative estimate of drug-likeness (QED) is 0.360. The van der Waals surface area contributed by atoms with Crippen LogP contribution in [0.5, 0.6) is 5.75 Å². The number of nitro benzene ring substituents is 1. The average molecular weight is 423 g/mol. The van der Waals surface area contributed by atoms with Crippen LogP contribution in [0.2, 0.25) is 0 Å². The lowest BCUT2D eigenvalue weighted by atomic mass is 10.2. The number of nitrogens with zero attached hydrogens (tertiary/aromatic N) is 2. The van der Waals surface area contributed by atoms with E-state index < -0.39 is 20.3 Å². The molecule has 0 radical (unpaired) electrons. The van der Waals surface area contributed by atoms with E-state index in [1.54, 1.807) is 36.4 Å². The fourth-order valence-corrected chi connectivity index (χ4v) is 6.16. The molecule has 0 spiro atoms. The molecule has 1 aliphatic heterocycles. The Bertz CT molecular complexity index is 932. The third kappa shape index (κ3) is 4.48. The van der Waals surface area contributed by atoms with E-state index >= 15 is 0 Å². The first-order valence-electron chi connectivity index (χ1n) is 9.04. The summed E-state index contributed by atoms with van der Waals surface area (Å²) >= 11 is 1.46. The van der Waals surface area contributed by atoms with Crippen molar-refractivity contribution < 1.29 is 18.1 Å². The first-order chi connectivity index (χ1) is 13.4. The maximum absolute atomic E-state index is 13.1. The highest BCUT2D eigenvalue weighted by Gasteiger charge is 2.37. The number of nitro groups is 1. The van der Waals surface area contributed by atoms with Gasteiger partial charge in [0, 0.05) is 24.4 Å². The molecule has 0 aromatic heterocycles. The molecule has 3 rings (SSSR count). The lowest BCUT2D eigenvalue weighted by molar-refractivity contribution is -0.384. The first-order valence-corrected chi connectivity index (χ1v) is 11.5. The van der Waals surface area contributed by atoms with Crippen molar-refractivity contribution in [1.29, 1.82) is 0 Å². The average Bonchev–Trinajstić information content (AvgIpc) is 3.19. The predicted molar refractivity (Wildman–Crippen MR) is 109 cm³/mol. The van der Waals surface area contributed by atoms with Crippen LogP contribution in [0, 0.1) is 10.1 Å². The lowest BCUT2D eigenvalue weighted by Crippen LogP contribution is -2.30. The molecule has 0 amide bonds. The number of sulfonamides is 1. The number of benzene rings is 2. The van der Waals surface area contributed by atoms with Crippen molar-refractivity contribution in [2.45, 2.75) is 30.0 Å². The molecule has 7 nitrogen and oxygen atoms in total. The molecule has 1 atom stereocenters. The summed E-state index contributed by atoms with van der Waals surface area (Å²) < 4.78 is 33.3. The maximum atomic E-state index is 13.1. The van der Waals surface area contributed by atoms with E-state index in [2.05, 4.69) is 6.92 Å². The highest BCUT2D eigenvalue weighted by atomic mass is 32.2. The number of rotatable bonds is 8. The van der Waals surface area contributed by atoms with E-state index in [0.29, 0.717) is 30.2 Å². The summed E-state index contributed by atoms with van der Waals surface area (Å²) in [6.45, 7) is 3.03. The summed E-state index contributed by atoms with van der Waals surface area (Å²) in [5.74, 6) is 1.27. The Morgan fingerprint density at radius 2 is 2.00 bits per heavy atom. The van der Waals surface area contributed by atoms with Gasteiger partial charge in [-0.05, 0) is 36.2 Å². The number of thioether (sulfide) groups is 1. The second-order valence-electron chi connectivity index (χ2n) is 6.36. The van der Waals surface area contributed by atoms with Crippen molar-refractivity contribution in [2.24, 2.45) is 0 Å². The van der Waals surface area contributed by atoms with Gasteiger partial charge in [0.25, 0.3) is 5.69 Å². The second-order valence-corrected chi connectivity index (χ2v) is 9.44. The molecule has 0 N–H and O–H groups in total. The Labute approximate surface area is 168 Å². The Hall–Kier alpha value is -2.10. The molecule has 150 valence electrons. The zero-order chi connectivity index (χ0) is 20.1. The molecular formula is C19H22N2O5S2. The molecule has 9 heteroatoms. The Morgan fingerprint density at radius 3 is 2.68 bits per heavy atom. The molecule has 0 aliphatic carbocycles. The van der Waals surface area contributed by atoms with Crippen LogP contribution < -0.4 is 4.74 Å². The van der Waals surface area contributed by atoms with Gasteiger partial charge in [-0.2, -0.15) is 4.31 Å². The number of hydrogen-bond acceptors (Lipinski definition) is 6. The van der Waals surface area contributed by atoms with Crippen LogP contribution in [-0.4, -0.2) is 36.6 Å². The van der Waals surface area contributed by atoms with Crippen LogP contribution >= 0.6 is 11.8 Å². The van der Waals surface area contributed by atoms with Crippen molar-refractivity contribution in [3.8, 4) is 5.75 Å². The van der Waals surface area contributed by atoms with Crippen LogP contribution in [-0.2, 0) is 10.0 Å². The van der Waals surface area contributed by atoms with Gasteiger partial charge >= 0.3 is 0 Å². The van der Waals surface area contributed by atoms with E-state index in [0.717, 1.165) is 12.8 Å². The first kappa shape index (κ1) is 20.6. The van der Waals surface area contributed by atoms with Crippen LogP contribution in [0.15, 0.2) is 53.4 Å². The monoisotopic (exact) mass is 422 g/mol. The summed E-state index contributed by atoms with van der Waals surface area (Å²) in [5, 5.41) is 10.6. The van der Waals surface area contributed by atoms with Gasteiger partial charge in [-0.25, -0.2) is 8.42 Å². The van der Waals surface area contributed by atoms with Crippen LogP contribution in [0.4, 0.5) is 5.69 Å². The van der Waals surface area contributed by atoms with Crippen LogP contribution in [0.25, 0.3) is 0 Å². The zero-order valence-corrected chi connectivity index (χ0v) is 17.1. The fraction of sp³-hybridized carbons (Fsp3) is 0.368. The molecule has 1 saturated heterocycles. The number of hydrogen-bond donors (Lipinski definition) is 0. The second kappa shape index (κ2) is 8.93. The Kier molecular flexibility index (Phi) is 6.58. The molecular weight excluding hydrogens is 400 g/mol. The minimum Gasteiger partial charge on any atom is -0.494 e. The Balaban J connectivity index is 1.82. The van der Waals surface area contributed by atoms with Gasteiger partial charge in [-0.1, -0.05) is 25.5 Å². The maximum Gasteiger partial charge on any atom is 0.269 e. The highest BCUT2D eigenvalue weighted by Crippen LogP contribution is 2.42. The summed E-state index contributed by atoms with van der Waals surface area (Å²) in [5.41, 5.74) is 0.565. The molecule has 28 heavy (non-hydrogen) atoms. The highest BCUT2D eigenvalue weighted by molar-refractivity contribution is 8.01. The van der Waals surface area contributed by atoms with Gasteiger partial charge in [0.15, 0.2) is 0 Å². The third-order valence-electron chi connectivity index (χ3n) is 4.41. The van der Waals surface area contributed by atoms with Crippen molar-refractivity contribution in [1.82, 2.24) is 4.31 Å². The van der Waals surface area contributed by atoms with E-state index in [1.165, 1.54) is 28.2 Å². The predicted octanol–water partition coefficient (Wildman–Crippen LogP) is 4.21. The molecule has 0 unspecified atom stereocenters. The van der Waals surface area contributed by atoms with Gasteiger partial charge in [0.05, 0.1) is 21.8 Å². The van der Waals surface area contributed by atoms with Gasteiger partial charge < -0.3 is 4.74 Å². The largest absolute Gasteiger partial charge is 0.494 e. The molecule has 2 aromatic carbocycles. The topological polar surface area (TPSA) is 89.8 Å². The molecule has 1 heterocycles. The van der Waals surface area contributed by atoms with Crippen LogP contribution in [0.1, 0.15) is 30.7 Å². The van der Waals surface area contributed by atoms with Gasteiger partial charge in [-0.3, -0.25) is 10.1 Å². The molecule has 0 saturated carbocycles. The van der Waals surface area contributed by atoms with Crippen molar-refractivity contribution in [2.75, 3.05) is 18.9 Å².